The molecule has 0 N–H and O–H groups in total. The van der Waals surface area contributed by atoms with Gasteiger partial charge in [-0.3, -0.25) is 0 Å². The van der Waals surface area contributed by atoms with Crippen molar-refractivity contribution in [3.63, 3.8) is 0 Å². The van der Waals surface area contributed by atoms with Crippen LogP contribution in [-0.4, -0.2) is 39.5 Å². The van der Waals surface area contributed by atoms with E-state index in [1.54, 1.807) is 56.7 Å². The first-order chi connectivity index (χ1) is 13.2. The van der Waals surface area contributed by atoms with Crippen molar-refractivity contribution in [2.24, 2.45) is 0 Å². The Balaban J connectivity index is 1.55. The lowest BCUT2D eigenvalue weighted by molar-refractivity contribution is 0.0469. The fourth-order valence-corrected chi connectivity index (χ4v) is 2.87. The topological polar surface area (TPSA) is 63.2 Å². The molecule has 144 valence electrons. The second kappa shape index (κ2) is 9.28. The molecule has 2 aromatic rings. The Morgan fingerprint density at radius 1 is 1.07 bits per heavy atom. The summed E-state index contributed by atoms with van der Waals surface area (Å²) in [5.74, 6) is 1.61. The quantitative estimate of drug-likeness (QED) is 0.660. The van der Waals surface area contributed by atoms with Gasteiger partial charge < -0.3 is 23.7 Å². The molecule has 1 fully saturated rings. The summed E-state index contributed by atoms with van der Waals surface area (Å²) < 4.78 is 27.1. The summed E-state index contributed by atoms with van der Waals surface area (Å²) in [6.45, 7) is 1.42. The highest BCUT2D eigenvalue weighted by molar-refractivity contribution is 5.89. The van der Waals surface area contributed by atoms with Gasteiger partial charge in [0.25, 0.3) is 0 Å². The van der Waals surface area contributed by atoms with Crippen LogP contribution in [-0.2, 0) is 16.1 Å². The fraction of sp³-hybridized carbons (Fsp3) is 0.381. The van der Waals surface area contributed by atoms with Crippen molar-refractivity contribution in [2.75, 3.05) is 27.4 Å². The van der Waals surface area contributed by atoms with E-state index in [4.69, 9.17) is 23.7 Å². The molecule has 0 radical (unpaired) electrons. The van der Waals surface area contributed by atoms with E-state index in [0.717, 1.165) is 25.0 Å². The van der Waals surface area contributed by atoms with Gasteiger partial charge >= 0.3 is 5.97 Å². The Morgan fingerprint density at radius 2 is 1.85 bits per heavy atom. The zero-order valence-corrected chi connectivity index (χ0v) is 15.6. The summed E-state index contributed by atoms with van der Waals surface area (Å²) in [6.07, 6.45) is 2.27. The third kappa shape index (κ3) is 5.14. The molecule has 0 saturated carbocycles. The van der Waals surface area contributed by atoms with Crippen molar-refractivity contribution in [1.82, 2.24) is 0 Å². The van der Waals surface area contributed by atoms with Crippen molar-refractivity contribution < 1.29 is 28.5 Å². The van der Waals surface area contributed by atoms with Gasteiger partial charge in [0.05, 0.1) is 25.9 Å². The van der Waals surface area contributed by atoms with E-state index in [1.165, 1.54) is 0 Å². The Hall–Kier alpha value is -2.73. The SMILES string of the molecule is COc1ccc(OC)c(COC(=O)c2ccc(OC[C@@H]3CCCO3)cc2)c1. The van der Waals surface area contributed by atoms with E-state index in [1.807, 2.05) is 0 Å². The Bertz CT molecular complexity index is 750. The minimum absolute atomic E-state index is 0.0937. The summed E-state index contributed by atoms with van der Waals surface area (Å²) in [5.41, 5.74) is 1.20. The molecule has 0 amide bonds. The molecule has 2 aromatic carbocycles. The normalized spacial score (nSPS) is 16.0. The molecular formula is C21H24O6. The standard InChI is InChI=1S/C21H24O6/c1-23-18-9-10-20(24-2)16(12-18)13-27-21(22)15-5-7-17(8-6-15)26-14-19-4-3-11-25-19/h5-10,12,19H,3-4,11,13-14H2,1-2H3/t19-/m0/s1. The molecule has 1 heterocycles. The molecule has 6 heteroatoms. The van der Waals surface area contributed by atoms with Gasteiger partial charge in [-0.25, -0.2) is 4.79 Å². The lowest BCUT2D eigenvalue weighted by Gasteiger charge is -2.12. The minimum atomic E-state index is -0.412. The number of ether oxygens (including phenoxy) is 5. The van der Waals surface area contributed by atoms with Crippen LogP contribution >= 0.6 is 0 Å². The third-order valence-electron chi connectivity index (χ3n) is 4.40. The molecule has 3 rings (SSSR count). The maximum atomic E-state index is 12.3. The molecule has 1 atom stereocenters. The zero-order valence-electron chi connectivity index (χ0n) is 15.6. The van der Waals surface area contributed by atoms with E-state index in [0.29, 0.717) is 29.4 Å². The summed E-state index contributed by atoms with van der Waals surface area (Å²) in [7, 11) is 3.16. The second-order valence-electron chi connectivity index (χ2n) is 6.22. The summed E-state index contributed by atoms with van der Waals surface area (Å²) >= 11 is 0. The molecule has 0 aliphatic carbocycles. The number of hydrogen-bond donors (Lipinski definition) is 0. The number of carbonyl (C=O) groups excluding carboxylic acids is 1. The van der Waals surface area contributed by atoms with Gasteiger partial charge in [0.1, 0.15) is 30.5 Å². The van der Waals surface area contributed by atoms with Crippen LogP contribution in [0.15, 0.2) is 42.5 Å². The van der Waals surface area contributed by atoms with Crippen LogP contribution in [0.4, 0.5) is 0 Å². The number of rotatable bonds is 8. The van der Waals surface area contributed by atoms with Gasteiger partial charge in [0.2, 0.25) is 0 Å². The highest BCUT2D eigenvalue weighted by Crippen LogP contribution is 2.25. The molecule has 1 aliphatic heterocycles. The average Bonchev–Trinajstić information content (AvgIpc) is 3.24. The number of benzene rings is 2. The molecular weight excluding hydrogens is 348 g/mol. The van der Waals surface area contributed by atoms with Crippen LogP contribution in [0.25, 0.3) is 0 Å². The largest absolute Gasteiger partial charge is 0.497 e. The van der Waals surface area contributed by atoms with Crippen LogP contribution in [0.5, 0.6) is 17.2 Å². The summed E-state index contributed by atoms with van der Waals surface area (Å²) in [6, 6.07) is 12.3. The summed E-state index contributed by atoms with van der Waals surface area (Å²) in [4.78, 5) is 12.3. The number of esters is 1. The van der Waals surface area contributed by atoms with E-state index < -0.39 is 5.97 Å². The van der Waals surface area contributed by atoms with Crippen LogP contribution in [0, 0.1) is 0 Å². The molecule has 1 saturated heterocycles. The van der Waals surface area contributed by atoms with Crippen molar-refractivity contribution in [1.29, 1.82) is 0 Å². The maximum Gasteiger partial charge on any atom is 0.338 e. The number of hydrogen-bond acceptors (Lipinski definition) is 6. The molecule has 1 aliphatic rings. The van der Waals surface area contributed by atoms with E-state index >= 15 is 0 Å². The highest BCUT2D eigenvalue weighted by atomic mass is 16.5. The Labute approximate surface area is 158 Å². The molecule has 0 spiro atoms. The van der Waals surface area contributed by atoms with Gasteiger partial charge in [0, 0.05) is 12.2 Å². The van der Waals surface area contributed by atoms with Crippen LogP contribution < -0.4 is 14.2 Å². The molecule has 27 heavy (non-hydrogen) atoms. The first kappa shape index (κ1) is 19.0. The summed E-state index contributed by atoms with van der Waals surface area (Å²) in [5, 5.41) is 0. The number of methoxy groups -OCH3 is 2. The van der Waals surface area contributed by atoms with Crippen LogP contribution in [0.3, 0.4) is 0 Å². The predicted octanol–water partition coefficient (Wildman–Crippen LogP) is 3.62. The van der Waals surface area contributed by atoms with Gasteiger partial charge in [-0.1, -0.05) is 0 Å². The van der Waals surface area contributed by atoms with Crippen molar-refractivity contribution >= 4 is 5.97 Å². The van der Waals surface area contributed by atoms with Crippen LogP contribution in [0.2, 0.25) is 0 Å². The highest BCUT2D eigenvalue weighted by Gasteiger charge is 2.16. The van der Waals surface area contributed by atoms with Crippen molar-refractivity contribution in [3.05, 3.63) is 53.6 Å². The Morgan fingerprint density at radius 3 is 2.52 bits per heavy atom. The van der Waals surface area contributed by atoms with E-state index in [9.17, 15) is 4.79 Å². The Kier molecular flexibility index (Phi) is 6.54. The van der Waals surface area contributed by atoms with Crippen LogP contribution in [0.1, 0.15) is 28.8 Å². The lowest BCUT2D eigenvalue weighted by Crippen LogP contribution is -2.16. The minimum Gasteiger partial charge on any atom is -0.497 e. The second-order valence-corrected chi connectivity index (χ2v) is 6.22. The predicted molar refractivity (Wildman–Crippen MR) is 99.6 cm³/mol. The monoisotopic (exact) mass is 372 g/mol. The fourth-order valence-electron chi connectivity index (χ4n) is 2.87. The molecule has 0 unspecified atom stereocenters. The first-order valence-corrected chi connectivity index (χ1v) is 8.92. The third-order valence-corrected chi connectivity index (χ3v) is 4.40. The smallest absolute Gasteiger partial charge is 0.338 e. The molecule has 6 nitrogen and oxygen atoms in total. The van der Waals surface area contributed by atoms with Gasteiger partial charge in [-0.2, -0.15) is 0 Å². The lowest BCUT2D eigenvalue weighted by atomic mass is 10.2. The molecule has 0 aromatic heterocycles. The van der Waals surface area contributed by atoms with Gasteiger partial charge in [0.15, 0.2) is 0 Å². The van der Waals surface area contributed by atoms with Gasteiger partial charge in [-0.05, 0) is 55.3 Å². The average molecular weight is 372 g/mol. The van der Waals surface area contributed by atoms with E-state index in [2.05, 4.69) is 0 Å². The van der Waals surface area contributed by atoms with E-state index in [-0.39, 0.29) is 12.7 Å². The zero-order chi connectivity index (χ0) is 19.1. The molecule has 0 bridgehead atoms. The first-order valence-electron chi connectivity index (χ1n) is 8.92. The van der Waals surface area contributed by atoms with Crippen molar-refractivity contribution in [2.45, 2.75) is 25.6 Å². The van der Waals surface area contributed by atoms with Crippen molar-refractivity contribution in [3.8, 4) is 17.2 Å². The maximum absolute atomic E-state index is 12.3. The number of carbonyl (C=O) groups is 1. The van der Waals surface area contributed by atoms with Gasteiger partial charge in [-0.15, -0.1) is 0 Å².